The zero-order valence-corrected chi connectivity index (χ0v) is 23.2. The van der Waals surface area contributed by atoms with Crippen LogP contribution < -0.4 is 4.72 Å². The number of rotatable bonds is 18. The van der Waals surface area contributed by atoms with Gasteiger partial charge in [0, 0.05) is 0 Å². The first-order valence-electron chi connectivity index (χ1n) is 12.5. The van der Waals surface area contributed by atoms with Crippen molar-refractivity contribution in [3.63, 3.8) is 0 Å². The molecule has 0 heterocycles. The number of nitrogens with one attached hydrogen (secondary N) is 1. The van der Waals surface area contributed by atoms with Crippen LogP contribution in [0.25, 0.3) is 0 Å². The van der Waals surface area contributed by atoms with Crippen molar-refractivity contribution in [2.75, 3.05) is 24.6 Å². The normalized spacial score (nSPS) is 15.3. The van der Waals surface area contributed by atoms with Gasteiger partial charge in [-0.15, -0.1) is 0 Å². The molecule has 200 valence electrons. The number of carbonyl (C=O) groups is 1. The van der Waals surface area contributed by atoms with Crippen molar-refractivity contribution >= 4 is 22.8 Å². The van der Waals surface area contributed by atoms with Gasteiger partial charge in [0.25, 0.3) is 0 Å². The van der Waals surface area contributed by atoms with Gasteiger partial charge >= 0.3 is 200 Å². The van der Waals surface area contributed by atoms with E-state index >= 15 is 0 Å². The molecule has 0 aromatic heterocycles. The van der Waals surface area contributed by atoms with Crippen molar-refractivity contribution in [3.8, 4) is 0 Å². The van der Waals surface area contributed by atoms with Crippen molar-refractivity contribution in [1.29, 1.82) is 0 Å². The predicted octanol–water partition coefficient (Wildman–Crippen LogP) is 7.05. The van der Waals surface area contributed by atoms with Crippen molar-refractivity contribution in [2.24, 2.45) is 5.92 Å². The maximum absolute atomic E-state index is 13.5. The third-order valence-corrected chi connectivity index (χ3v) is 13.9. The molecule has 10 heteroatoms. The molecule has 0 rings (SSSR count). The van der Waals surface area contributed by atoms with Gasteiger partial charge < -0.3 is 0 Å². The number of alkyl halides is 3. The Hall–Kier alpha value is -0.400. The molecule has 0 saturated carbocycles. The summed E-state index contributed by atoms with van der Waals surface area (Å²) in [5.41, 5.74) is -5.48. The Kier molecular flexibility index (Phi) is 14.1. The van der Waals surface area contributed by atoms with Gasteiger partial charge in [-0.25, -0.2) is 0 Å². The molecule has 0 fully saturated rings. The molecule has 0 aromatic rings. The Morgan fingerprint density at radius 2 is 1.21 bits per heavy atom. The fourth-order valence-electron chi connectivity index (χ4n) is 4.32. The molecule has 0 aromatic carbocycles. The Bertz CT molecular complexity index is 640. The molecule has 0 aliphatic heterocycles. The van der Waals surface area contributed by atoms with Gasteiger partial charge in [0.05, 0.1) is 0 Å². The van der Waals surface area contributed by atoms with E-state index in [1.54, 1.807) is 18.6 Å². The number of sulfonamides is 1. The maximum atomic E-state index is 13.5. The van der Waals surface area contributed by atoms with Gasteiger partial charge in [0.2, 0.25) is 0 Å². The molecule has 0 unspecified atom stereocenters. The first kappa shape index (κ1) is 32.6. The minimum absolute atomic E-state index is 0.0518. The summed E-state index contributed by atoms with van der Waals surface area (Å²) in [4.78, 5) is 13.5. The van der Waals surface area contributed by atoms with Crippen LogP contribution in [0.15, 0.2) is 0 Å². The molecule has 0 spiro atoms. The van der Waals surface area contributed by atoms with Crippen molar-refractivity contribution < 1.29 is 30.9 Å². The average Bonchev–Trinajstić information content (AvgIpc) is 2.72. The van der Waals surface area contributed by atoms with Crippen LogP contribution in [0.5, 0.6) is 0 Å². The fraction of sp³-hybridized carbons (Fsp3) is 0.957. The molecular formula is C23H47F3NO4PS. The molecule has 1 N–H and O–H groups in total. The van der Waals surface area contributed by atoms with Gasteiger partial charge in [-0.2, -0.15) is 0 Å². The second kappa shape index (κ2) is 14.2. The average molecular weight is 522 g/mol. The van der Waals surface area contributed by atoms with Crippen molar-refractivity contribution in [2.45, 2.75) is 111 Å². The zero-order chi connectivity index (χ0) is 25.8. The van der Waals surface area contributed by atoms with Gasteiger partial charge in [0.15, 0.2) is 0 Å². The first-order valence-corrected chi connectivity index (χ1v) is 16.9. The molecule has 0 radical (unpaired) electrons. The van der Waals surface area contributed by atoms with Crippen LogP contribution in [0, 0.1) is 5.92 Å². The summed E-state index contributed by atoms with van der Waals surface area (Å²) in [7, 11) is -5.67. The molecular weight excluding hydrogens is 474 g/mol. The molecule has 0 aliphatic carbocycles. The SMILES string of the molecule is CCCCP(CCCC)(CCCC)(CCCC)OC(=O)[C@@H](CC(C)C)NS(=O)(=O)C(F)(F)F. The van der Waals surface area contributed by atoms with Crippen molar-refractivity contribution in [1.82, 2.24) is 4.72 Å². The Balaban J connectivity index is 6.41. The molecule has 5 nitrogen and oxygen atoms in total. The number of carbonyl (C=O) groups excluding carboxylic acids is 1. The van der Waals surface area contributed by atoms with E-state index < -0.39 is 34.4 Å². The van der Waals surface area contributed by atoms with Crippen molar-refractivity contribution in [3.05, 3.63) is 0 Å². The Labute approximate surface area is 200 Å². The number of halogens is 3. The van der Waals surface area contributed by atoms with Crippen LogP contribution in [0.4, 0.5) is 13.2 Å². The summed E-state index contributed by atoms with van der Waals surface area (Å²) >= 11 is 0. The molecule has 0 bridgehead atoms. The Morgan fingerprint density at radius 3 is 1.48 bits per heavy atom. The predicted molar refractivity (Wildman–Crippen MR) is 133 cm³/mol. The number of hydrogen-bond acceptors (Lipinski definition) is 4. The van der Waals surface area contributed by atoms with Crippen LogP contribution in [-0.2, 0) is 19.3 Å². The third-order valence-electron chi connectivity index (χ3n) is 6.25. The van der Waals surface area contributed by atoms with E-state index in [1.807, 2.05) is 0 Å². The fourth-order valence-corrected chi connectivity index (χ4v) is 11.8. The van der Waals surface area contributed by atoms with Gasteiger partial charge in [-0.05, 0) is 0 Å². The molecule has 1 atom stereocenters. The summed E-state index contributed by atoms with van der Waals surface area (Å²) in [6, 6.07) is -1.55. The van der Waals surface area contributed by atoms with E-state index in [2.05, 4.69) is 27.7 Å². The summed E-state index contributed by atoms with van der Waals surface area (Å²) in [6.07, 6.45) is 10.2. The van der Waals surface area contributed by atoms with Crippen LogP contribution in [0.2, 0.25) is 0 Å². The quantitative estimate of drug-likeness (QED) is 0.196. The second-order valence-corrected chi connectivity index (χ2v) is 17.2. The van der Waals surface area contributed by atoms with Gasteiger partial charge in [-0.1, -0.05) is 0 Å². The molecule has 33 heavy (non-hydrogen) atoms. The van der Waals surface area contributed by atoms with Crippen LogP contribution in [0.3, 0.4) is 0 Å². The summed E-state index contributed by atoms with van der Waals surface area (Å²) in [5, 5.41) is 0. The second-order valence-electron chi connectivity index (χ2n) is 9.83. The number of unbranched alkanes of at least 4 members (excludes halogenated alkanes) is 4. The summed E-state index contributed by atoms with van der Waals surface area (Å²) in [5.74, 6) is -1.03. The van der Waals surface area contributed by atoms with Gasteiger partial charge in [0.1, 0.15) is 0 Å². The molecule has 0 aliphatic rings. The third kappa shape index (κ3) is 10.4. The minimum atomic E-state index is -5.67. The van der Waals surface area contributed by atoms with E-state index in [4.69, 9.17) is 4.52 Å². The summed E-state index contributed by atoms with van der Waals surface area (Å²) < 4.78 is 71.0. The van der Waals surface area contributed by atoms with Gasteiger partial charge in [-0.3, -0.25) is 0 Å². The van der Waals surface area contributed by atoms with E-state index in [0.717, 1.165) is 76.0 Å². The van der Waals surface area contributed by atoms with E-state index in [0.29, 0.717) is 0 Å². The van der Waals surface area contributed by atoms with Crippen LogP contribution in [-0.4, -0.2) is 50.6 Å². The standard InChI is InChI=1S/C23H47F3NO4PS/c1-7-11-15-32(16-12-8-2,17-13-9-3,18-14-10-4)31-22(28)21(19-20(5)6)27-33(29,30)23(24,25)26/h20-21,27H,7-19H2,1-6H3/t21-/m1/s1. The van der Waals surface area contributed by atoms with Crippen LogP contribution in [0.1, 0.15) is 99.3 Å². The monoisotopic (exact) mass is 521 g/mol. The zero-order valence-electron chi connectivity index (χ0n) is 21.5. The van der Waals surface area contributed by atoms with Crippen LogP contribution >= 0.6 is 6.83 Å². The summed E-state index contributed by atoms with van der Waals surface area (Å²) in [6.45, 7) is 8.68. The number of hydrogen-bond donors (Lipinski definition) is 1. The topological polar surface area (TPSA) is 72.5 Å². The first-order chi connectivity index (χ1) is 15.2. The van der Waals surface area contributed by atoms with E-state index in [9.17, 15) is 26.4 Å². The molecule has 0 saturated heterocycles. The van der Waals surface area contributed by atoms with E-state index in [-0.39, 0.29) is 12.3 Å². The molecule has 0 amide bonds. The Morgan fingerprint density at radius 1 is 0.848 bits per heavy atom. The van der Waals surface area contributed by atoms with E-state index in [1.165, 1.54) is 0 Å².